The molecule has 0 radical (unpaired) electrons. The third kappa shape index (κ3) is 7.13. The van der Waals surface area contributed by atoms with Crippen molar-refractivity contribution >= 4 is 23.6 Å². The van der Waals surface area contributed by atoms with Gasteiger partial charge in [-0.05, 0) is 61.4 Å². The largest absolute Gasteiger partial charge is 0.352 e. The zero-order chi connectivity index (χ0) is 21.2. The van der Waals surface area contributed by atoms with Gasteiger partial charge in [0.05, 0.1) is 0 Å². The highest BCUT2D eigenvalue weighted by Gasteiger charge is 2.09. The van der Waals surface area contributed by atoms with E-state index in [1.807, 2.05) is 31.2 Å². The summed E-state index contributed by atoms with van der Waals surface area (Å²) in [7, 11) is 1.76. The second-order valence-electron chi connectivity index (χ2n) is 7.08. The zero-order valence-electron chi connectivity index (χ0n) is 18.0. The van der Waals surface area contributed by atoms with E-state index >= 15 is 0 Å². The van der Waals surface area contributed by atoms with Crippen LogP contribution in [0.5, 0.6) is 0 Å². The number of guanidine groups is 1. The van der Waals surface area contributed by atoms with Gasteiger partial charge in [0.25, 0.3) is 5.91 Å². The fourth-order valence-electron chi connectivity index (χ4n) is 2.81. The van der Waals surface area contributed by atoms with Crippen LogP contribution in [0.4, 0.5) is 0 Å². The van der Waals surface area contributed by atoms with E-state index in [4.69, 9.17) is 0 Å². The molecule has 0 aliphatic rings. The molecule has 0 spiro atoms. The Morgan fingerprint density at radius 3 is 2.59 bits per heavy atom. The Morgan fingerprint density at radius 1 is 1.14 bits per heavy atom. The number of aryl methyl sites for hydroxylation is 1. The van der Waals surface area contributed by atoms with E-state index in [9.17, 15) is 4.79 Å². The fourth-order valence-corrected chi connectivity index (χ4v) is 3.52. The molecule has 0 bridgehead atoms. The third-order valence-electron chi connectivity index (χ3n) is 4.75. The standard InChI is InChI=1S/C23H32N4OS/c1-6-17(3)27-22(28)19-9-7-8-18(13-19)14-25-23(24-4)26-15-20-11-10-16(2)12-21(20)29-5/h7-13,17H,6,14-15H2,1-5H3,(H,27,28)(H2,24,25,26). The van der Waals surface area contributed by atoms with Crippen molar-refractivity contribution in [1.82, 2.24) is 16.0 Å². The minimum Gasteiger partial charge on any atom is -0.352 e. The smallest absolute Gasteiger partial charge is 0.251 e. The van der Waals surface area contributed by atoms with Crippen molar-refractivity contribution < 1.29 is 4.79 Å². The molecule has 0 saturated carbocycles. The van der Waals surface area contributed by atoms with Crippen LogP contribution >= 0.6 is 11.8 Å². The van der Waals surface area contributed by atoms with Gasteiger partial charge in [0, 0.05) is 36.6 Å². The molecule has 156 valence electrons. The summed E-state index contributed by atoms with van der Waals surface area (Å²) in [5.41, 5.74) is 4.22. The van der Waals surface area contributed by atoms with Crippen LogP contribution in [0.25, 0.3) is 0 Å². The first-order chi connectivity index (χ1) is 14.0. The molecule has 3 N–H and O–H groups in total. The first-order valence-electron chi connectivity index (χ1n) is 9.94. The maximum atomic E-state index is 12.3. The van der Waals surface area contributed by atoms with Crippen molar-refractivity contribution in [2.75, 3.05) is 13.3 Å². The predicted octanol–water partition coefficient (Wildman–Crippen LogP) is 4.11. The second kappa shape index (κ2) is 11.5. The van der Waals surface area contributed by atoms with Crippen molar-refractivity contribution in [3.8, 4) is 0 Å². The minimum absolute atomic E-state index is 0.0346. The molecular weight excluding hydrogens is 380 g/mol. The monoisotopic (exact) mass is 412 g/mol. The van der Waals surface area contributed by atoms with Crippen LogP contribution < -0.4 is 16.0 Å². The average molecular weight is 413 g/mol. The van der Waals surface area contributed by atoms with Crippen LogP contribution in [-0.4, -0.2) is 31.2 Å². The number of carbonyl (C=O) groups is 1. The third-order valence-corrected chi connectivity index (χ3v) is 5.57. The van der Waals surface area contributed by atoms with Crippen LogP contribution in [0.15, 0.2) is 52.4 Å². The summed E-state index contributed by atoms with van der Waals surface area (Å²) in [5.74, 6) is 0.694. The molecule has 0 aromatic heterocycles. The lowest BCUT2D eigenvalue weighted by Crippen LogP contribution is -2.36. The van der Waals surface area contributed by atoms with Crippen molar-refractivity contribution in [2.24, 2.45) is 4.99 Å². The summed E-state index contributed by atoms with van der Waals surface area (Å²) in [6.45, 7) is 7.47. The maximum Gasteiger partial charge on any atom is 0.251 e. The Kier molecular flexibility index (Phi) is 9.06. The van der Waals surface area contributed by atoms with E-state index in [-0.39, 0.29) is 11.9 Å². The number of hydrogen-bond donors (Lipinski definition) is 3. The van der Waals surface area contributed by atoms with Gasteiger partial charge >= 0.3 is 0 Å². The molecule has 29 heavy (non-hydrogen) atoms. The molecule has 1 amide bonds. The molecule has 1 atom stereocenters. The number of aliphatic imine (C=N–C) groups is 1. The van der Waals surface area contributed by atoms with E-state index in [2.05, 4.69) is 59.2 Å². The Morgan fingerprint density at radius 2 is 1.90 bits per heavy atom. The van der Waals surface area contributed by atoms with Gasteiger partial charge in [-0.2, -0.15) is 0 Å². The van der Waals surface area contributed by atoms with Crippen molar-refractivity contribution in [3.05, 3.63) is 64.7 Å². The Hall–Kier alpha value is -2.47. The molecule has 2 aromatic rings. The molecule has 6 heteroatoms. The summed E-state index contributed by atoms with van der Waals surface area (Å²) in [5, 5.41) is 9.70. The number of benzene rings is 2. The number of nitrogens with one attached hydrogen (secondary N) is 3. The maximum absolute atomic E-state index is 12.3. The van der Waals surface area contributed by atoms with E-state index < -0.39 is 0 Å². The number of hydrogen-bond acceptors (Lipinski definition) is 3. The van der Waals surface area contributed by atoms with Gasteiger partial charge in [0.2, 0.25) is 0 Å². The van der Waals surface area contributed by atoms with E-state index in [1.54, 1.807) is 18.8 Å². The number of thioether (sulfide) groups is 1. The highest BCUT2D eigenvalue weighted by atomic mass is 32.2. The van der Waals surface area contributed by atoms with Gasteiger partial charge in [0.1, 0.15) is 0 Å². The zero-order valence-corrected chi connectivity index (χ0v) is 18.8. The van der Waals surface area contributed by atoms with Gasteiger partial charge in [0.15, 0.2) is 5.96 Å². The lowest BCUT2D eigenvalue weighted by atomic mass is 10.1. The lowest BCUT2D eigenvalue weighted by molar-refractivity contribution is 0.0939. The molecule has 0 saturated heterocycles. The van der Waals surface area contributed by atoms with Gasteiger partial charge < -0.3 is 16.0 Å². The summed E-state index contributed by atoms with van der Waals surface area (Å²) < 4.78 is 0. The fraction of sp³-hybridized carbons (Fsp3) is 0.391. The van der Waals surface area contributed by atoms with Crippen LogP contribution in [0, 0.1) is 6.92 Å². The molecule has 0 aliphatic carbocycles. The molecular formula is C23H32N4OS. The number of carbonyl (C=O) groups excluding carboxylic acids is 1. The van der Waals surface area contributed by atoms with Crippen molar-refractivity contribution in [3.63, 3.8) is 0 Å². The Labute approximate surface area is 178 Å². The lowest BCUT2D eigenvalue weighted by Gasteiger charge is -2.15. The SMILES string of the molecule is CCC(C)NC(=O)c1cccc(CNC(=NC)NCc2ccc(C)cc2SC)c1. The topological polar surface area (TPSA) is 65.5 Å². The first kappa shape index (κ1) is 22.8. The van der Waals surface area contributed by atoms with Crippen LogP contribution in [0.3, 0.4) is 0 Å². The van der Waals surface area contributed by atoms with Crippen LogP contribution in [-0.2, 0) is 13.1 Å². The van der Waals surface area contributed by atoms with E-state index in [0.717, 1.165) is 17.9 Å². The van der Waals surface area contributed by atoms with Gasteiger partial charge in [-0.3, -0.25) is 9.79 Å². The molecule has 5 nitrogen and oxygen atoms in total. The minimum atomic E-state index is -0.0346. The Bertz CT molecular complexity index is 851. The number of amides is 1. The quantitative estimate of drug-likeness (QED) is 0.347. The molecule has 2 rings (SSSR count). The summed E-state index contributed by atoms with van der Waals surface area (Å²) in [6.07, 6.45) is 3.00. The molecule has 0 heterocycles. The normalized spacial score (nSPS) is 12.4. The van der Waals surface area contributed by atoms with Crippen molar-refractivity contribution in [2.45, 2.75) is 51.2 Å². The van der Waals surface area contributed by atoms with E-state index in [1.165, 1.54) is 16.0 Å². The molecule has 0 aliphatic heterocycles. The summed E-state index contributed by atoms with van der Waals surface area (Å²) >= 11 is 1.75. The second-order valence-corrected chi connectivity index (χ2v) is 7.93. The van der Waals surface area contributed by atoms with Crippen LogP contribution in [0.2, 0.25) is 0 Å². The van der Waals surface area contributed by atoms with Gasteiger partial charge in [-0.25, -0.2) is 0 Å². The molecule has 2 aromatic carbocycles. The van der Waals surface area contributed by atoms with Crippen LogP contribution in [0.1, 0.15) is 47.3 Å². The average Bonchev–Trinajstić information content (AvgIpc) is 2.74. The summed E-state index contributed by atoms with van der Waals surface area (Å²) in [4.78, 5) is 17.9. The predicted molar refractivity (Wildman–Crippen MR) is 124 cm³/mol. The van der Waals surface area contributed by atoms with Gasteiger partial charge in [-0.1, -0.05) is 31.2 Å². The number of rotatable bonds is 8. The van der Waals surface area contributed by atoms with E-state index in [0.29, 0.717) is 18.7 Å². The molecule has 0 fully saturated rings. The number of nitrogens with zero attached hydrogens (tertiary/aromatic N) is 1. The van der Waals surface area contributed by atoms with Gasteiger partial charge in [-0.15, -0.1) is 11.8 Å². The first-order valence-corrected chi connectivity index (χ1v) is 11.2. The summed E-state index contributed by atoms with van der Waals surface area (Å²) in [6, 6.07) is 14.3. The Balaban J connectivity index is 1.94. The highest BCUT2D eigenvalue weighted by molar-refractivity contribution is 7.98. The van der Waals surface area contributed by atoms with Crippen molar-refractivity contribution in [1.29, 1.82) is 0 Å². The molecule has 1 unspecified atom stereocenters. The highest BCUT2D eigenvalue weighted by Crippen LogP contribution is 2.21.